The first-order valence-corrected chi connectivity index (χ1v) is 8.70. The molecule has 3 heterocycles. The smallest absolute Gasteiger partial charge is 0.128 e. The van der Waals surface area contributed by atoms with Gasteiger partial charge in [0, 0.05) is 49.3 Å². The van der Waals surface area contributed by atoms with Gasteiger partial charge >= 0.3 is 0 Å². The monoisotopic (exact) mass is 301 g/mol. The maximum absolute atomic E-state index is 5.92. The van der Waals surface area contributed by atoms with Crippen molar-refractivity contribution in [1.29, 1.82) is 0 Å². The summed E-state index contributed by atoms with van der Waals surface area (Å²) in [6.07, 6.45) is 6.10. The summed E-state index contributed by atoms with van der Waals surface area (Å²) in [6.45, 7) is 7.86. The summed E-state index contributed by atoms with van der Waals surface area (Å²) in [4.78, 5) is 6.94. The van der Waals surface area contributed by atoms with Crippen LogP contribution in [0.3, 0.4) is 0 Å². The van der Waals surface area contributed by atoms with Crippen LogP contribution < -0.4 is 10.2 Å². The third-order valence-electron chi connectivity index (χ3n) is 5.91. The van der Waals surface area contributed by atoms with Crippen LogP contribution in [0, 0.1) is 11.3 Å². The average Bonchev–Trinajstić information content (AvgIpc) is 3.01. The molecule has 2 aliphatic heterocycles. The van der Waals surface area contributed by atoms with E-state index in [4.69, 9.17) is 4.74 Å². The second-order valence-corrected chi connectivity index (χ2v) is 7.68. The number of anilines is 1. The van der Waals surface area contributed by atoms with Crippen molar-refractivity contribution in [2.45, 2.75) is 51.3 Å². The molecule has 1 saturated carbocycles. The molecule has 4 heteroatoms. The summed E-state index contributed by atoms with van der Waals surface area (Å²) in [5.41, 5.74) is 0.272. The predicted molar refractivity (Wildman–Crippen MR) is 88.0 cm³/mol. The van der Waals surface area contributed by atoms with Gasteiger partial charge in [-0.05, 0) is 31.4 Å². The second-order valence-electron chi connectivity index (χ2n) is 7.68. The Labute approximate surface area is 133 Å². The second kappa shape index (κ2) is 5.50. The molecule has 0 amide bonds. The van der Waals surface area contributed by atoms with Crippen molar-refractivity contribution in [3.05, 3.63) is 24.4 Å². The first-order valence-electron chi connectivity index (χ1n) is 8.70. The highest BCUT2D eigenvalue weighted by Gasteiger charge is 2.59. The van der Waals surface area contributed by atoms with Gasteiger partial charge in [-0.3, -0.25) is 0 Å². The summed E-state index contributed by atoms with van der Waals surface area (Å²) in [7, 11) is 0. The Hall–Kier alpha value is -1.13. The topological polar surface area (TPSA) is 37.4 Å². The minimum Gasteiger partial charge on any atom is -0.377 e. The molecule has 0 bridgehead atoms. The number of ether oxygens (including phenoxy) is 1. The van der Waals surface area contributed by atoms with E-state index in [9.17, 15) is 0 Å². The molecule has 4 rings (SSSR count). The Bertz CT molecular complexity index is 518. The van der Waals surface area contributed by atoms with E-state index < -0.39 is 0 Å². The largest absolute Gasteiger partial charge is 0.377 e. The Morgan fingerprint density at radius 2 is 2.23 bits per heavy atom. The van der Waals surface area contributed by atoms with Gasteiger partial charge in [0.2, 0.25) is 0 Å². The number of nitrogens with zero attached hydrogens (tertiary/aromatic N) is 2. The lowest BCUT2D eigenvalue weighted by molar-refractivity contribution is -0.115. The Balaban J connectivity index is 1.41. The van der Waals surface area contributed by atoms with Gasteiger partial charge in [-0.15, -0.1) is 0 Å². The summed E-state index contributed by atoms with van der Waals surface area (Å²) < 4.78 is 5.92. The minimum atomic E-state index is 0.272. The van der Waals surface area contributed by atoms with Gasteiger partial charge in [-0.2, -0.15) is 0 Å². The first-order chi connectivity index (χ1) is 10.7. The standard InChI is InChI=1S/C18H27N3O/c1-18(2)16(14-8-11-22-17(14)18)20-13-6-5-10-21(12-13)15-7-3-4-9-19-15/h3-4,7,9,13-14,16-17,20H,5-6,8,10-12H2,1-2H3/t13-,14-,16-,17+/m1/s1. The fraction of sp³-hybridized carbons (Fsp3) is 0.722. The maximum Gasteiger partial charge on any atom is 0.128 e. The summed E-state index contributed by atoms with van der Waals surface area (Å²) >= 11 is 0. The van der Waals surface area contributed by atoms with Gasteiger partial charge in [0.15, 0.2) is 0 Å². The van der Waals surface area contributed by atoms with Crippen LogP contribution >= 0.6 is 0 Å². The van der Waals surface area contributed by atoms with Crippen molar-refractivity contribution in [3.63, 3.8) is 0 Å². The molecule has 4 atom stereocenters. The molecule has 0 spiro atoms. The lowest BCUT2D eigenvalue weighted by atomic mass is 9.57. The van der Waals surface area contributed by atoms with Crippen LogP contribution in [-0.4, -0.2) is 42.9 Å². The van der Waals surface area contributed by atoms with Crippen LogP contribution in [0.15, 0.2) is 24.4 Å². The fourth-order valence-electron chi connectivity index (χ4n) is 4.78. The number of fused-ring (bicyclic) bond motifs is 1. The molecule has 4 nitrogen and oxygen atoms in total. The molecule has 1 N–H and O–H groups in total. The van der Waals surface area contributed by atoms with E-state index in [-0.39, 0.29) is 5.41 Å². The SMILES string of the molecule is CC1(C)[C@H](N[C@@H]2CCCN(c3ccccn3)C2)[C@H]2CCO[C@@H]21. The van der Waals surface area contributed by atoms with Crippen molar-refractivity contribution < 1.29 is 4.74 Å². The summed E-state index contributed by atoms with van der Waals surface area (Å²) in [5, 5.41) is 3.97. The zero-order valence-corrected chi connectivity index (χ0v) is 13.7. The highest BCUT2D eigenvalue weighted by atomic mass is 16.5. The zero-order chi connectivity index (χ0) is 15.2. The average molecular weight is 301 g/mol. The molecule has 0 radical (unpaired) electrons. The van der Waals surface area contributed by atoms with Crippen LogP contribution in [0.2, 0.25) is 0 Å². The van der Waals surface area contributed by atoms with Crippen LogP contribution in [0.5, 0.6) is 0 Å². The first kappa shape index (κ1) is 14.5. The third-order valence-corrected chi connectivity index (χ3v) is 5.91. The Morgan fingerprint density at radius 3 is 3.05 bits per heavy atom. The van der Waals surface area contributed by atoms with Crippen molar-refractivity contribution in [1.82, 2.24) is 10.3 Å². The molecule has 2 saturated heterocycles. The molecule has 0 aromatic carbocycles. The molecule has 1 aliphatic carbocycles. The highest BCUT2D eigenvalue weighted by Crippen LogP contribution is 2.52. The Morgan fingerprint density at radius 1 is 1.32 bits per heavy atom. The van der Waals surface area contributed by atoms with E-state index in [0.29, 0.717) is 18.2 Å². The molecule has 1 aromatic rings. The van der Waals surface area contributed by atoms with Gasteiger partial charge < -0.3 is 15.0 Å². The van der Waals surface area contributed by atoms with E-state index in [2.05, 4.69) is 41.2 Å². The van der Waals surface area contributed by atoms with Gasteiger partial charge in [0.25, 0.3) is 0 Å². The van der Waals surface area contributed by atoms with Gasteiger partial charge in [-0.1, -0.05) is 19.9 Å². The van der Waals surface area contributed by atoms with E-state index in [1.54, 1.807) is 0 Å². The van der Waals surface area contributed by atoms with Crippen molar-refractivity contribution >= 4 is 5.82 Å². The van der Waals surface area contributed by atoms with Gasteiger partial charge in [0.1, 0.15) is 5.82 Å². The van der Waals surface area contributed by atoms with E-state index in [0.717, 1.165) is 31.4 Å². The number of rotatable bonds is 3. The van der Waals surface area contributed by atoms with Crippen molar-refractivity contribution in [2.75, 3.05) is 24.6 Å². The third kappa shape index (κ3) is 2.33. The Kier molecular flexibility index (Phi) is 3.61. The fourth-order valence-corrected chi connectivity index (χ4v) is 4.78. The molecule has 1 aromatic heterocycles. The number of pyridine rings is 1. The van der Waals surface area contributed by atoms with Crippen molar-refractivity contribution in [3.8, 4) is 0 Å². The normalized spacial score (nSPS) is 36.7. The summed E-state index contributed by atoms with van der Waals surface area (Å²) in [5.74, 6) is 1.84. The number of nitrogens with one attached hydrogen (secondary N) is 1. The lowest BCUT2D eigenvalue weighted by Crippen LogP contribution is -2.68. The van der Waals surface area contributed by atoms with E-state index >= 15 is 0 Å². The van der Waals surface area contributed by atoms with Gasteiger partial charge in [0.05, 0.1) is 6.10 Å². The highest BCUT2D eigenvalue weighted by molar-refractivity contribution is 5.38. The van der Waals surface area contributed by atoms with Crippen LogP contribution in [0.1, 0.15) is 33.1 Å². The minimum absolute atomic E-state index is 0.272. The number of aromatic nitrogens is 1. The molecule has 3 fully saturated rings. The molecule has 0 unspecified atom stereocenters. The van der Waals surface area contributed by atoms with Crippen LogP contribution in [-0.2, 0) is 4.74 Å². The van der Waals surface area contributed by atoms with Crippen LogP contribution in [0.25, 0.3) is 0 Å². The van der Waals surface area contributed by atoms with Gasteiger partial charge in [-0.25, -0.2) is 4.98 Å². The van der Waals surface area contributed by atoms with Crippen LogP contribution in [0.4, 0.5) is 5.82 Å². The molecule has 3 aliphatic rings. The quantitative estimate of drug-likeness (QED) is 0.930. The zero-order valence-electron chi connectivity index (χ0n) is 13.7. The number of hydrogen-bond donors (Lipinski definition) is 1. The van der Waals surface area contributed by atoms with E-state index in [1.807, 2.05) is 12.3 Å². The predicted octanol–water partition coefficient (Wildman–Crippen LogP) is 2.45. The number of piperidine rings is 1. The lowest BCUT2D eigenvalue weighted by Gasteiger charge is -2.56. The molecule has 120 valence electrons. The molecular weight excluding hydrogens is 274 g/mol. The summed E-state index contributed by atoms with van der Waals surface area (Å²) in [6, 6.07) is 7.36. The molecule has 22 heavy (non-hydrogen) atoms. The van der Waals surface area contributed by atoms with Crippen molar-refractivity contribution in [2.24, 2.45) is 11.3 Å². The molecular formula is C18H27N3O. The maximum atomic E-state index is 5.92. The number of hydrogen-bond acceptors (Lipinski definition) is 4. The van der Waals surface area contributed by atoms with E-state index in [1.165, 1.54) is 19.3 Å².